The monoisotopic (exact) mass is 1860 g/mol. The minimum absolute atomic E-state index is 0.0862. The first kappa shape index (κ1) is 81.1. The van der Waals surface area contributed by atoms with Crippen LogP contribution in [-0.4, -0.2) is 32.0 Å². The molecule has 0 amide bonds. The van der Waals surface area contributed by atoms with Crippen molar-refractivity contribution in [3.05, 3.63) is 476 Å². The highest BCUT2D eigenvalue weighted by molar-refractivity contribution is 7.25. The second-order valence-electron chi connectivity index (χ2n) is 41.3. The number of nitrogens with zero attached hydrogens (tertiary/aromatic N) is 7. The summed E-state index contributed by atoms with van der Waals surface area (Å²) in [5.41, 5.74) is 40.0. The van der Waals surface area contributed by atoms with E-state index >= 15 is 0 Å². The summed E-state index contributed by atoms with van der Waals surface area (Å²) in [6.45, 7) is 14.3. The number of hydrogen-bond donors (Lipinski definition) is 0. The molecule has 21 aromatic carbocycles. The van der Waals surface area contributed by atoms with Crippen LogP contribution in [0.5, 0.6) is 0 Å². The molecular formula is C135H91N7OS. The van der Waals surface area contributed by atoms with Crippen molar-refractivity contribution in [3.8, 4) is 62.1 Å². The zero-order valence-electron chi connectivity index (χ0n) is 80.1. The molecule has 0 N–H and O–H groups in total. The van der Waals surface area contributed by atoms with E-state index in [0.717, 1.165) is 22.5 Å². The Bertz CT molecular complexity index is 10800. The molecule has 0 radical (unpaired) electrons. The van der Waals surface area contributed by atoms with Gasteiger partial charge < -0.3 is 36.4 Å². The van der Waals surface area contributed by atoms with Gasteiger partial charge in [-0.25, -0.2) is 0 Å². The van der Waals surface area contributed by atoms with Gasteiger partial charge in [-0.1, -0.05) is 290 Å². The predicted molar refractivity (Wildman–Crippen MR) is 607 cm³/mol. The average Bonchev–Trinajstić information content (AvgIpc) is 1.34. The van der Waals surface area contributed by atoms with Gasteiger partial charge >= 0.3 is 0 Å². The molecule has 0 bridgehead atoms. The second-order valence-corrected chi connectivity index (χ2v) is 42.3. The summed E-state index contributed by atoms with van der Waals surface area (Å²) in [5, 5.41) is 23.5. The Morgan fingerprint density at radius 1 is 0.160 bits per heavy atom. The molecular weight excluding hydrogens is 1770 g/mol. The summed E-state index contributed by atoms with van der Waals surface area (Å²) in [4.78, 5) is 0. The maximum Gasteiger partial charge on any atom is 0.137 e. The van der Waals surface area contributed by atoms with Gasteiger partial charge in [0.15, 0.2) is 0 Å². The van der Waals surface area contributed by atoms with E-state index in [4.69, 9.17) is 4.42 Å². The molecule has 33 rings (SSSR count). The van der Waals surface area contributed by atoms with Crippen LogP contribution in [0.2, 0.25) is 0 Å². The Morgan fingerprint density at radius 2 is 0.431 bits per heavy atom. The van der Waals surface area contributed by atoms with Crippen molar-refractivity contribution in [2.75, 3.05) is 0 Å². The molecule has 0 saturated heterocycles. The summed E-state index contributed by atoms with van der Waals surface area (Å²) in [6.07, 6.45) is 0. The van der Waals surface area contributed by atoms with E-state index in [1.54, 1.807) is 0 Å². The van der Waals surface area contributed by atoms with Crippen LogP contribution in [0.1, 0.15) is 74.9 Å². The topological polar surface area (TPSA) is 47.6 Å². The highest BCUT2D eigenvalue weighted by Gasteiger charge is 2.41. The van der Waals surface area contributed by atoms with Crippen molar-refractivity contribution in [1.82, 2.24) is 32.0 Å². The Balaban J connectivity index is 0.0000000993. The highest BCUT2D eigenvalue weighted by Crippen LogP contribution is 2.58. The van der Waals surface area contributed by atoms with E-state index in [0.29, 0.717) is 0 Å². The molecule has 0 atom stereocenters. The molecule has 9 heterocycles. The van der Waals surface area contributed by atoms with Gasteiger partial charge in [0.05, 0.1) is 82.6 Å². The maximum atomic E-state index is 6.74. The molecule has 3 aliphatic carbocycles. The lowest BCUT2D eigenvalue weighted by atomic mass is 9.81. The first-order chi connectivity index (χ1) is 70.8. The predicted octanol–water partition coefficient (Wildman–Crippen LogP) is 36.3. The van der Waals surface area contributed by atoms with Crippen molar-refractivity contribution in [2.45, 2.75) is 57.8 Å². The zero-order chi connectivity index (χ0) is 95.2. The molecule has 9 aromatic heterocycles. The highest BCUT2D eigenvalue weighted by atomic mass is 32.1. The van der Waals surface area contributed by atoms with Crippen LogP contribution in [0.15, 0.2) is 447 Å². The Morgan fingerprint density at radius 3 is 0.889 bits per heavy atom. The zero-order valence-corrected chi connectivity index (χ0v) is 80.9. The number of benzene rings is 21. The maximum absolute atomic E-state index is 6.74. The summed E-state index contributed by atoms with van der Waals surface area (Å²) < 4.78 is 26.7. The Kier molecular flexibility index (Phi) is 16.7. The molecule has 0 unspecified atom stereocenters. The largest absolute Gasteiger partial charge is 0.456 e. The molecule has 3 aliphatic rings. The quantitative estimate of drug-likeness (QED) is 0.142. The van der Waals surface area contributed by atoms with Gasteiger partial charge in [0.2, 0.25) is 0 Å². The summed E-state index contributed by atoms with van der Waals surface area (Å²) in [6, 6.07) is 163. The summed E-state index contributed by atoms with van der Waals surface area (Å²) in [5.74, 6) is 0. The van der Waals surface area contributed by atoms with Crippen molar-refractivity contribution in [2.24, 2.45) is 0 Å². The fourth-order valence-corrected chi connectivity index (χ4v) is 27.6. The van der Waals surface area contributed by atoms with E-state index < -0.39 is 0 Å². The molecule has 9 heteroatoms. The van der Waals surface area contributed by atoms with E-state index in [-0.39, 0.29) is 16.2 Å². The van der Waals surface area contributed by atoms with Crippen LogP contribution in [0.25, 0.3) is 257 Å². The van der Waals surface area contributed by atoms with Crippen LogP contribution < -0.4 is 0 Å². The molecule has 30 aromatic rings. The third-order valence-electron chi connectivity index (χ3n) is 32.8. The number of thiophene rings is 1. The molecule has 0 aliphatic heterocycles. The standard InChI is InChI=1S/C51H35N3.C45H30N2S.C39H26N2O/c1-51(2)39-21-12-23-43-47(39)48-40(51)27-29-46-50(48)49-44(53(43)35-19-11-16-33(30-35)32-14-5-3-6-15-32)24-13-25-45(49)54(46)36-26-28-42-38(31-36)37-20-9-10-22-41(37)52(42)34-17-7-4-8-18-34;1-45(2)33-16-9-17-35-41(33)42-34(45)22-23-38-44(42)43-36(46(38)29-14-8-13-28(25-29)27-11-4-3-5-12-27)18-10-19-37(43)47(35)30-21-24-40-32(26-30)31-15-6-7-20-39(31)48-40;1-39(2)27-13-8-16-33-35(27)36-28(39)19-21-32-38(36)37-31(15-9-17-34(37)42-33)41(32)24-18-20-30-26(22-24)25-12-6-7-14-29(25)40(30)23-10-4-3-5-11-23/h3-31H,1-2H3;3-26H,1-2H3;3-22H,1-2H3. The molecule has 144 heavy (non-hydrogen) atoms. The van der Waals surface area contributed by atoms with Gasteiger partial charge in [-0.05, 0) is 266 Å². The number of aromatic nitrogens is 7. The van der Waals surface area contributed by atoms with Gasteiger partial charge in [0, 0.05) is 141 Å². The first-order valence-corrected chi connectivity index (χ1v) is 51.0. The second kappa shape index (κ2) is 29.7. The number of rotatable bonds is 9. The van der Waals surface area contributed by atoms with Gasteiger partial charge in [0.1, 0.15) is 11.2 Å². The van der Waals surface area contributed by atoms with Crippen LogP contribution in [0.3, 0.4) is 0 Å². The van der Waals surface area contributed by atoms with Crippen LogP contribution in [0, 0.1) is 0 Å². The Hall–Kier alpha value is -17.8. The normalized spacial score (nSPS) is 13.8. The van der Waals surface area contributed by atoms with Crippen molar-refractivity contribution >= 4 is 206 Å². The molecule has 0 saturated carbocycles. The van der Waals surface area contributed by atoms with E-state index in [1.807, 2.05) is 11.3 Å². The smallest absolute Gasteiger partial charge is 0.137 e. The van der Waals surface area contributed by atoms with Gasteiger partial charge in [-0.2, -0.15) is 0 Å². The summed E-state index contributed by atoms with van der Waals surface area (Å²) in [7, 11) is 0. The summed E-state index contributed by atoms with van der Waals surface area (Å²) >= 11 is 1.88. The van der Waals surface area contributed by atoms with E-state index in [2.05, 4.69) is 516 Å². The Labute approximate surface area is 832 Å². The SMILES string of the molecule is CC1(C)c2ccc3c4c2c2c1cccc2n(-c1ccc2sc5ccccc5c2c1)c1cccc(c41)n3-c1cccc(-c2ccccc2)c1.CC1(C)c2ccc3c4c2c2c1cccc2n(-c1cccc(-c2ccccc2)c1)c1cccc(c41)n3-c1ccc2c(c1)c1ccccc1n2-c1ccccc1.CC1(C)c2cccc3oc4cccc5c4c4c(c1ccc4n5-c1ccc4c(c1)c1ccccc1n4-c1ccccc1)c23. The lowest BCUT2D eigenvalue weighted by Crippen LogP contribution is -2.15. The minimum atomic E-state index is -0.134. The minimum Gasteiger partial charge on any atom is -0.456 e. The number of para-hydroxylation sites is 4. The lowest BCUT2D eigenvalue weighted by Gasteiger charge is -2.22. The van der Waals surface area contributed by atoms with E-state index in [9.17, 15) is 0 Å². The van der Waals surface area contributed by atoms with Crippen LogP contribution >= 0.6 is 11.3 Å². The average molecular weight is 1860 g/mol. The molecule has 0 spiro atoms. The van der Waals surface area contributed by atoms with Crippen molar-refractivity contribution in [3.63, 3.8) is 0 Å². The molecule has 678 valence electrons. The first-order valence-electron chi connectivity index (χ1n) is 50.2. The van der Waals surface area contributed by atoms with Crippen molar-refractivity contribution < 1.29 is 4.42 Å². The van der Waals surface area contributed by atoms with Crippen LogP contribution in [-0.2, 0) is 16.2 Å². The third-order valence-corrected chi connectivity index (χ3v) is 33.9. The molecule has 0 fully saturated rings. The van der Waals surface area contributed by atoms with Gasteiger partial charge in [-0.3, -0.25) is 0 Å². The fraction of sp³-hybridized carbons (Fsp3) is 0.0667. The lowest BCUT2D eigenvalue weighted by molar-refractivity contribution is 0.650. The third kappa shape index (κ3) is 11.0. The van der Waals surface area contributed by atoms with Crippen LogP contribution in [0.4, 0.5) is 0 Å². The van der Waals surface area contributed by atoms with Gasteiger partial charge in [-0.15, -0.1) is 11.3 Å². The van der Waals surface area contributed by atoms with Crippen molar-refractivity contribution in [1.29, 1.82) is 0 Å². The molecule has 8 nitrogen and oxygen atoms in total. The number of hydrogen-bond acceptors (Lipinski definition) is 2. The van der Waals surface area contributed by atoms with Gasteiger partial charge in [0.25, 0.3) is 0 Å². The fourth-order valence-electron chi connectivity index (χ4n) is 26.5. The van der Waals surface area contributed by atoms with E-state index in [1.165, 1.54) is 268 Å². The number of fused-ring (bicyclic) bond motifs is 9.